The summed E-state index contributed by atoms with van der Waals surface area (Å²) in [5.74, 6) is 0.0923. The Labute approximate surface area is 119 Å². The van der Waals surface area contributed by atoms with Crippen LogP contribution in [0.25, 0.3) is 0 Å². The zero-order valence-corrected chi connectivity index (χ0v) is 12.2. The monoisotopic (exact) mass is 281 g/mol. The highest BCUT2D eigenvalue weighted by Crippen LogP contribution is 2.20. The van der Waals surface area contributed by atoms with E-state index in [1.165, 1.54) is 0 Å². The van der Waals surface area contributed by atoms with E-state index in [1.54, 1.807) is 12.1 Å². The van der Waals surface area contributed by atoms with Crippen molar-refractivity contribution in [3.8, 4) is 0 Å². The minimum atomic E-state index is 0.0923. The zero-order chi connectivity index (χ0) is 13.8. The highest BCUT2D eigenvalue weighted by atomic mass is 35.5. The Kier molecular flexibility index (Phi) is 4.83. The molecule has 1 heterocycles. The minimum absolute atomic E-state index is 0.0923. The molecule has 104 valence electrons. The van der Waals surface area contributed by atoms with Crippen molar-refractivity contribution in [1.82, 2.24) is 4.90 Å². The fourth-order valence-electron chi connectivity index (χ4n) is 2.42. The molecule has 19 heavy (non-hydrogen) atoms. The van der Waals surface area contributed by atoms with Crippen LogP contribution in [-0.2, 0) is 4.74 Å². The highest BCUT2D eigenvalue weighted by molar-refractivity contribution is 6.31. The van der Waals surface area contributed by atoms with Crippen LogP contribution in [0, 0.1) is 6.92 Å². The van der Waals surface area contributed by atoms with Crippen molar-refractivity contribution in [1.29, 1.82) is 0 Å². The van der Waals surface area contributed by atoms with E-state index in [9.17, 15) is 4.79 Å². The van der Waals surface area contributed by atoms with Gasteiger partial charge in [-0.05, 0) is 50.5 Å². The fraction of sp³-hybridized carbons (Fsp3) is 0.533. The van der Waals surface area contributed by atoms with Crippen molar-refractivity contribution in [2.24, 2.45) is 0 Å². The van der Waals surface area contributed by atoms with Crippen molar-refractivity contribution < 1.29 is 9.53 Å². The normalized spacial score (nSPS) is 16.7. The molecule has 1 aliphatic heterocycles. The van der Waals surface area contributed by atoms with Gasteiger partial charge in [0.25, 0.3) is 5.91 Å². The van der Waals surface area contributed by atoms with Crippen LogP contribution in [0.15, 0.2) is 18.2 Å². The lowest BCUT2D eigenvalue weighted by molar-refractivity contribution is 0.0146. The first-order chi connectivity index (χ1) is 9.11. The number of piperidine rings is 1. The Balaban J connectivity index is 1.99. The van der Waals surface area contributed by atoms with Gasteiger partial charge in [-0.1, -0.05) is 11.6 Å². The molecule has 1 aliphatic rings. The lowest BCUT2D eigenvalue weighted by Crippen LogP contribution is -2.40. The number of hydrogen-bond acceptors (Lipinski definition) is 2. The van der Waals surface area contributed by atoms with Gasteiger partial charge in [0.15, 0.2) is 0 Å². The van der Waals surface area contributed by atoms with E-state index in [1.807, 2.05) is 24.8 Å². The van der Waals surface area contributed by atoms with Crippen molar-refractivity contribution in [3.05, 3.63) is 34.3 Å². The summed E-state index contributed by atoms with van der Waals surface area (Å²) in [7, 11) is 0. The molecule has 0 unspecified atom stereocenters. The molecule has 0 N–H and O–H groups in total. The van der Waals surface area contributed by atoms with Gasteiger partial charge in [-0.2, -0.15) is 0 Å². The molecule has 1 amide bonds. The largest absolute Gasteiger partial charge is 0.378 e. The Hall–Kier alpha value is -1.06. The molecule has 1 aromatic rings. The van der Waals surface area contributed by atoms with Crippen LogP contribution in [0.2, 0.25) is 5.02 Å². The Morgan fingerprint density at radius 2 is 2.11 bits per heavy atom. The lowest BCUT2D eigenvalue weighted by Gasteiger charge is -2.31. The van der Waals surface area contributed by atoms with E-state index in [0.29, 0.717) is 11.1 Å². The zero-order valence-electron chi connectivity index (χ0n) is 11.5. The number of carbonyl (C=O) groups excluding carboxylic acids is 1. The number of amides is 1. The van der Waals surface area contributed by atoms with Gasteiger partial charge in [0.05, 0.1) is 6.10 Å². The molecule has 0 saturated carbocycles. The Morgan fingerprint density at radius 1 is 1.42 bits per heavy atom. The number of carbonyl (C=O) groups is 1. The highest BCUT2D eigenvalue weighted by Gasteiger charge is 2.23. The molecule has 0 radical (unpaired) electrons. The summed E-state index contributed by atoms with van der Waals surface area (Å²) in [5.41, 5.74) is 1.66. The quantitative estimate of drug-likeness (QED) is 0.851. The van der Waals surface area contributed by atoms with E-state index in [0.717, 1.165) is 43.7 Å². The molecule has 1 fully saturated rings. The summed E-state index contributed by atoms with van der Waals surface area (Å²) in [6, 6.07) is 5.45. The number of halogens is 1. The van der Waals surface area contributed by atoms with Crippen LogP contribution >= 0.6 is 11.6 Å². The lowest BCUT2D eigenvalue weighted by atomic mass is 10.1. The van der Waals surface area contributed by atoms with Crippen LogP contribution in [0.1, 0.15) is 35.7 Å². The van der Waals surface area contributed by atoms with E-state index >= 15 is 0 Å². The SMILES string of the molecule is CCOC1CCN(C(=O)c2ccc(Cl)c(C)c2)CC1. The molecular weight excluding hydrogens is 262 g/mol. The van der Waals surface area contributed by atoms with Crippen LogP contribution in [0.3, 0.4) is 0 Å². The molecular formula is C15H20ClNO2. The van der Waals surface area contributed by atoms with Gasteiger partial charge in [0.2, 0.25) is 0 Å². The fourth-order valence-corrected chi connectivity index (χ4v) is 2.54. The summed E-state index contributed by atoms with van der Waals surface area (Å²) in [4.78, 5) is 14.3. The van der Waals surface area contributed by atoms with Gasteiger partial charge in [-0.3, -0.25) is 4.79 Å². The maximum absolute atomic E-state index is 12.4. The first-order valence-electron chi connectivity index (χ1n) is 6.79. The third-order valence-corrected chi connectivity index (χ3v) is 3.96. The molecule has 1 aromatic carbocycles. The second-order valence-electron chi connectivity index (χ2n) is 4.91. The Bertz CT molecular complexity index is 453. The average Bonchev–Trinajstić information content (AvgIpc) is 2.42. The molecule has 0 spiro atoms. The smallest absolute Gasteiger partial charge is 0.253 e. The molecule has 0 bridgehead atoms. The number of rotatable bonds is 3. The van der Waals surface area contributed by atoms with Crippen molar-refractivity contribution in [2.45, 2.75) is 32.8 Å². The van der Waals surface area contributed by atoms with Crippen LogP contribution in [0.5, 0.6) is 0 Å². The number of nitrogens with zero attached hydrogens (tertiary/aromatic N) is 1. The minimum Gasteiger partial charge on any atom is -0.378 e. The van der Waals surface area contributed by atoms with E-state index in [2.05, 4.69) is 0 Å². The van der Waals surface area contributed by atoms with Crippen molar-refractivity contribution in [2.75, 3.05) is 19.7 Å². The average molecular weight is 282 g/mol. The van der Waals surface area contributed by atoms with E-state index < -0.39 is 0 Å². The number of hydrogen-bond donors (Lipinski definition) is 0. The molecule has 2 rings (SSSR count). The predicted molar refractivity (Wildman–Crippen MR) is 76.7 cm³/mol. The first kappa shape index (κ1) is 14.4. The second-order valence-corrected chi connectivity index (χ2v) is 5.32. The molecule has 1 saturated heterocycles. The van der Waals surface area contributed by atoms with Gasteiger partial charge >= 0.3 is 0 Å². The maximum atomic E-state index is 12.4. The van der Waals surface area contributed by atoms with Crippen molar-refractivity contribution >= 4 is 17.5 Å². The predicted octanol–water partition coefficient (Wildman–Crippen LogP) is 3.29. The third kappa shape index (κ3) is 3.48. The first-order valence-corrected chi connectivity index (χ1v) is 7.16. The molecule has 0 aromatic heterocycles. The number of aryl methyl sites for hydroxylation is 1. The second kappa shape index (κ2) is 6.40. The van der Waals surface area contributed by atoms with Gasteiger partial charge < -0.3 is 9.64 Å². The van der Waals surface area contributed by atoms with Gasteiger partial charge in [-0.25, -0.2) is 0 Å². The maximum Gasteiger partial charge on any atom is 0.253 e. The molecule has 0 atom stereocenters. The van der Waals surface area contributed by atoms with Gasteiger partial charge in [-0.15, -0.1) is 0 Å². The summed E-state index contributed by atoms with van der Waals surface area (Å²) in [6.07, 6.45) is 2.15. The molecule has 4 heteroatoms. The summed E-state index contributed by atoms with van der Waals surface area (Å²) in [6.45, 7) is 6.21. The van der Waals surface area contributed by atoms with E-state index in [4.69, 9.17) is 16.3 Å². The third-order valence-electron chi connectivity index (χ3n) is 3.54. The van der Waals surface area contributed by atoms with Crippen LogP contribution < -0.4 is 0 Å². The number of likely N-dealkylation sites (tertiary alicyclic amines) is 1. The van der Waals surface area contributed by atoms with E-state index in [-0.39, 0.29) is 5.91 Å². The summed E-state index contributed by atoms with van der Waals surface area (Å²) in [5, 5.41) is 0.701. The topological polar surface area (TPSA) is 29.5 Å². The standard InChI is InChI=1S/C15H20ClNO2/c1-3-19-13-6-8-17(9-7-13)15(18)12-4-5-14(16)11(2)10-12/h4-5,10,13H,3,6-9H2,1-2H3. The van der Waals surface area contributed by atoms with Gasteiger partial charge in [0, 0.05) is 30.3 Å². The Morgan fingerprint density at radius 3 is 2.68 bits per heavy atom. The summed E-state index contributed by atoms with van der Waals surface area (Å²) >= 11 is 5.98. The molecule has 3 nitrogen and oxygen atoms in total. The van der Waals surface area contributed by atoms with Crippen molar-refractivity contribution in [3.63, 3.8) is 0 Å². The summed E-state index contributed by atoms with van der Waals surface area (Å²) < 4.78 is 5.60. The number of ether oxygens (including phenoxy) is 1. The number of benzene rings is 1. The van der Waals surface area contributed by atoms with Crippen LogP contribution in [-0.4, -0.2) is 36.6 Å². The van der Waals surface area contributed by atoms with Gasteiger partial charge in [0.1, 0.15) is 0 Å². The molecule has 0 aliphatic carbocycles. The van der Waals surface area contributed by atoms with Crippen LogP contribution in [0.4, 0.5) is 0 Å².